The van der Waals surface area contributed by atoms with Crippen LogP contribution in [0.15, 0.2) is 29.6 Å². The van der Waals surface area contributed by atoms with Gasteiger partial charge >= 0.3 is 5.97 Å². The number of methoxy groups -OCH3 is 1. The minimum absolute atomic E-state index is 0.249. The van der Waals surface area contributed by atoms with Crippen molar-refractivity contribution < 1.29 is 13.9 Å². The van der Waals surface area contributed by atoms with Crippen LogP contribution >= 0.6 is 11.3 Å². The molecule has 0 bridgehead atoms. The highest BCUT2D eigenvalue weighted by molar-refractivity contribution is 7.13. The maximum absolute atomic E-state index is 12.8. The topological polar surface area (TPSA) is 51.2 Å². The summed E-state index contributed by atoms with van der Waals surface area (Å²) in [5, 5.41) is 5.68. The number of nitrogens with one attached hydrogen (secondary N) is 1. The fourth-order valence-electron chi connectivity index (χ4n) is 1.47. The van der Waals surface area contributed by atoms with Gasteiger partial charge in [0.05, 0.1) is 19.2 Å². The number of hydrogen-bond acceptors (Lipinski definition) is 5. The van der Waals surface area contributed by atoms with Gasteiger partial charge in [-0.1, -0.05) is 0 Å². The molecular weight excluding hydrogens is 267 g/mol. The lowest BCUT2D eigenvalue weighted by Gasteiger charge is -2.01. The number of aromatic nitrogens is 1. The Balaban J connectivity index is 1.93. The smallest absolute Gasteiger partial charge is 0.305 e. The maximum Gasteiger partial charge on any atom is 0.305 e. The number of thiazole rings is 1. The molecule has 4 nitrogen and oxygen atoms in total. The van der Waals surface area contributed by atoms with Crippen molar-refractivity contribution in [3.63, 3.8) is 0 Å². The van der Waals surface area contributed by atoms with Gasteiger partial charge in [0.25, 0.3) is 0 Å². The molecule has 2 aromatic rings. The van der Waals surface area contributed by atoms with E-state index in [1.807, 2.05) is 5.38 Å². The number of carbonyl (C=O) groups is 1. The van der Waals surface area contributed by atoms with Gasteiger partial charge in [0.2, 0.25) is 0 Å². The fraction of sp³-hybridized carbons (Fsp3) is 0.231. The number of benzene rings is 1. The molecule has 0 spiro atoms. The van der Waals surface area contributed by atoms with Crippen molar-refractivity contribution >= 4 is 28.1 Å². The van der Waals surface area contributed by atoms with Gasteiger partial charge in [-0.25, -0.2) is 9.37 Å². The summed E-state index contributed by atoms with van der Waals surface area (Å²) in [6, 6.07) is 6.05. The third kappa shape index (κ3) is 4.03. The van der Waals surface area contributed by atoms with Gasteiger partial charge in [0, 0.05) is 17.5 Å². The van der Waals surface area contributed by atoms with Crippen LogP contribution in [0.25, 0.3) is 0 Å². The molecule has 19 heavy (non-hydrogen) atoms. The van der Waals surface area contributed by atoms with Crippen LogP contribution in [-0.4, -0.2) is 18.1 Å². The lowest BCUT2D eigenvalue weighted by molar-refractivity contribution is -0.140. The molecule has 2 rings (SSSR count). The van der Waals surface area contributed by atoms with E-state index in [1.165, 1.54) is 30.6 Å². The van der Waals surface area contributed by atoms with E-state index < -0.39 is 0 Å². The summed E-state index contributed by atoms with van der Waals surface area (Å²) in [7, 11) is 1.37. The second-order valence-corrected chi connectivity index (χ2v) is 4.71. The van der Waals surface area contributed by atoms with Crippen LogP contribution in [0.2, 0.25) is 0 Å². The Labute approximate surface area is 114 Å². The van der Waals surface area contributed by atoms with Crippen LogP contribution in [0.1, 0.15) is 12.1 Å². The van der Waals surface area contributed by atoms with Gasteiger partial charge in [0.1, 0.15) is 5.82 Å². The fourth-order valence-corrected chi connectivity index (χ4v) is 2.23. The summed E-state index contributed by atoms with van der Waals surface area (Å²) in [6.45, 7) is 0. The number of hydrogen-bond donors (Lipinski definition) is 1. The molecule has 1 N–H and O–H groups in total. The average Bonchev–Trinajstić information content (AvgIpc) is 2.86. The van der Waals surface area contributed by atoms with E-state index in [9.17, 15) is 9.18 Å². The molecule has 0 radical (unpaired) electrons. The number of carbonyl (C=O) groups excluding carboxylic acids is 1. The molecule has 6 heteroatoms. The summed E-state index contributed by atoms with van der Waals surface area (Å²) < 4.78 is 17.3. The Morgan fingerprint density at radius 3 is 2.84 bits per heavy atom. The van der Waals surface area contributed by atoms with Crippen molar-refractivity contribution in [2.75, 3.05) is 12.4 Å². The first-order valence-corrected chi connectivity index (χ1v) is 6.59. The van der Waals surface area contributed by atoms with Crippen molar-refractivity contribution in [3.8, 4) is 0 Å². The number of esters is 1. The van der Waals surface area contributed by atoms with Gasteiger partial charge in [-0.05, 0) is 24.3 Å². The van der Waals surface area contributed by atoms with Crippen LogP contribution in [0.5, 0.6) is 0 Å². The molecule has 0 fully saturated rings. The van der Waals surface area contributed by atoms with Crippen molar-refractivity contribution in [1.82, 2.24) is 4.98 Å². The highest BCUT2D eigenvalue weighted by Crippen LogP contribution is 2.21. The predicted molar refractivity (Wildman–Crippen MR) is 72.1 cm³/mol. The van der Waals surface area contributed by atoms with Crippen LogP contribution < -0.4 is 5.32 Å². The first kappa shape index (κ1) is 13.5. The zero-order valence-electron chi connectivity index (χ0n) is 10.4. The first-order chi connectivity index (χ1) is 9.17. The average molecular weight is 280 g/mol. The zero-order valence-corrected chi connectivity index (χ0v) is 11.2. The van der Waals surface area contributed by atoms with Crippen LogP contribution in [0.4, 0.5) is 15.2 Å². The van der Waals surface area contributed by atoms with E-state index >= 15 is 0 Å². The molecular formula is C13H13FN2O2S. The van der Waals surface area contributed by atoms with E-state index in [2.05, 4.69) is 15.0 Å². The predicted octanol–water partition coefficient (Wildman–Crippen LogP) is 3.13. The second kappa shape index (κ2) is 6.29. The van der Waals surface area contributed by atoms with Crippen molar-refractivity contribution in [2.24, 2.45) is 0 Å². The Morgan fingerprint density at radius 1 is 1.42 bits per heavy atom. The van der Waals surface area contributed by atoms with Crippen molar-refractivity contribution in [1.29, 1.82) is 0 Å². The molecule has 1 heterocycles. The number of anilines is 2. The Hall–Kier alpha value is -1.95. The van der Waals surface area contributed by atoms with E-state index in [0.717, 1.165) is 11.4 Å². The highest BCUT2D eigenvalue weighted by atomic mass is 32.1. The molecule has 100 valence electrons. The number of halogens is 1. The molecule has 0 unspecified atom stereocenters. The summed E-state index contributed by atoms with van der Waals surface area (Å²) in [4.78, 5) is 15.4. The number of nitrogens with zero attached hydrogens (tertiary/aromatic N) is 1. The maximum atomic E-state index is 12.8. The third-order valence-corrected chi connectivity index (χ3v) is 3.27. The number of ether oxygens (including phenoxy) is 1. The summed E-state index contributed by atoms with van der Waals surface area (Å²) in [5.41, 5.74) is 1.61. The molecule has 0 aliphatic carbocycles. The third-order valence-electron chi connectivity index (χ3n) is 2.46. The molecule has 0 saturated carbocycles. The minimum Gasteiger partial charge on any atom is -0.469 e. The molecule has 0 aliphatic rings. The van der Waals surface area contributed by atoms with Crippen LogP contribution in [0.3, 0.4) is 0 Å². The van der Waals surface area contributed by atoms with E-state index in [1.54, 1.807) is 12.1 Å². The lowest BCUT2D eigenvalue weighted by atomic mass is 10.2. The Morgan fingerprint density at radius 2 is 2.16 bits per heavy atom. The van der Waals surface area contributed by atoms with Crippen LogP contribution in [-0.2, 0) is 16.0 Å². The number of aryl methyl sites for hydroxylation is 1. The zero-order chi connectivity index (χ0) is 13.7. The van der Waals surface area contributed by atoms with Crippen molar-refractivity contribution in [3.05, 3.63) is 41.2 Å². The van der Waals surface area contributed by atoms with Crippen LogP contribution in [0, 0.1) is 5.82 Å². The Kier molecular flexibility index (Phi) is 4.46. The van der Waals surface area contributed by atoms with E-state index in [-0.39, 0.29) is 11.8 Å². The molecule has 0 atom stereocenters. The van der Waals surface area contributed by atoms with E-state index in [0.29, 0.717) is 18.0 Å². The van der Waals surface area contributed by atoms with Gasteiger partial charge in [-0.3, -0.25) is 4.79 Å². The van der Waals surface area contributed by atoms with Gasteiger partial charge in [-0.2, -0.15) is 0 Å². The minimum atomic E-state index is -0.275. The summed E-state index contributed by atoms with van der Waals surface area (Å²) in [5.74, 6) is -0.524. The van der Waals surface area contributed by atoms with Crippen molar-refractivity contribution in [2.45, 2.75) is 12.8 Å². The van der Waals surface area contributed by atoms with Gasteiger partial charge in [0.15, 0.2) is 5.13 Å². The summed E-state index contributed by atoms with van der Waals surface area (Å²) in [6.07, 6.45) is 0.866. The van der Waals surface area contributed by atoms with E-state index in [4.69, 9.17) is 0 Å². The Bertz CT molecular complexity index is 554. The second-order valence-electron chi connectivity index (χ2n) is 3.85. The number of rotatable bonds is 5. The van der Waals surface area contributed by atoms with Gasteiger partial charge in [-0.15, -0.1) is 11.3 Å². The lowest BCUT2D eigenvalue weighted by Crippen LogP contribution is -2.02. The summed E-state index contributed by atoms with van der Waals surface area (Å²) >= 11 is 1.44. The molecule has 1 aromatic carbocycles. The largest absolute Gasteiger partial charge is 0.469 e. The highest BCUT2D eigenvalue weighted by Gasteiger charge is 2.06. The molecule has 0 aliphatic heterocycles. The SMILES string of the molecule is COC(=O)CCc1csc(Nc2ccc(F)cc2)n1. The van der Waals surface area contributed by atoms with Gasteiger partial charge < -0.3 is 10.1 Å². The standard InChI is InChI=1S/C13H13FN2O2S/c1-18-12(17)7-6-11-8-19-13(16-11)15-10-4-2-9(14)3-5-10/h2-5,8H,6-7H2,1H3,(H,15,16). The normalized spacial score (nSPS) is 10.2. The molecule has 0 saturated heterocycles. The quantitative estimate of drug-likeness (QED) is 0.855. The molecule has 1 aromatic heterocycles. The monoisotopic (exact) mass is 280 g/mol. The first-order valence-electron chi connectivity index (χ1n) is 5.71. The molecule has 0 amide bonds.